The van der Waals surface area contributed by atoms with E-state index in [1.807, 2.05) is 0 Å². The van der Waals surface area contributed by atoms with E-state index in [0.29, 0.717) is 0 Å². The molecule has 1 nitrogen and oxygen atoms in total. The number of benzene rings is 1. The molecule has 0 bridgehead atoms. The second-order valence-electron chi connectivity index (χ2n) is 5.21. The lowest BCUT2D eigenvalue weighted by Gasteiger charge is -2.21. The monoisotopic (exact) mass is 245 g/mol. The molecule has 0 heterocycles. The van der Waals surface area contributed by atoms with Gasteiger partial charge in [0.1, 0.15) is 0 Å². The zero-order valence-corrected chi connectivity index (χ0v) is 12.4. The summed E-state index contributed by atoms with van der Waals surface area (Å²) >= 11 is 0. The highest BCUT2D eigenvalue weighted by molar-refractivity contribution is 5.64. The highest BCUT2D eigenvalue weighted by Gasteiger charge is 2.06. The summed E-state index contributed by atoms with van der Waals surface area (Å²) in [7, 11) is 0. The van der Waals surface area contributed by atoms with Gasteiger partial charge < -0.3 is 0 Å². The van der Waals surface area contributed by atoms with Crippen LogP contribution >= 0.6 is 0 Å². The summed E-state index contributed by atoms with van der Waals surface area (Å²) in [6.07, 6.45) is 2.44. The number of nitrogens with zero attached hydrogens (tertiary/aromatic N) is 1. The Balaban J connectivity index is 2.82. The van der Waals surface area contributed by atoms with Crippen molar-refractivity contribution in [3.05, 3.63) is 41.5 Å². The third kappa shape index (κ3) is 4.30. The van der Waals surface area contributed by atoms with Gasteiger partial charge in [-0.25, -0.2) is 0 Å². The minimum atomic E-state index is 1.06. The first-order valence-electron chi connectivity index (χ1n) is 7.06. The van der Waals surface area contributed by atoms with E-state index >= 15 is 0 Å². The molecule has 1 rings (SSSR count). The molecule has 0 N–H and O–H groups in total. The van der Waals surface area contributed by atoms with E-state index in [4.69, 9.17) is 0 Å². The Morgan fingerprint density at radius 3 is 2.28 bits per heavy atom. The molecular weight excluding hydrogens is 218 g/mol. The van der Waals surface area contributed by atoms with Gasteiger partial charge in [-0.05, 0) is 62.5 Å². The first-order valence-corrected chi connectivity index (χ1v) is 7.06. The van der Waals surface area contributed by atoms with Crippen molar-refractivity contribution in [2.24, 2.45) is 0 Å². The Bertz CT molecular complexity index is 387. The topological polar surface area (TPSA) is 3.24 Å². The average molecular weight is 245 g/mol. The highest BCUT2D eigenvalue weighted by Crippen LogP contribution is 2.19. The normalized spacial score (nSPS) is 10.9. The van der Waals surface area contributed by atoms with E-state index in [0.717, 1.165) is 12.1 Å². The maximum absolute atomic E-state index is 4.07. The van der Waals surface area contributed by atoms with Crippen LogP contribution in [0.1, 0.15) is 50.3 Å². The van der Waals surface area contributed by atoms with E-state index in [1.54, 1.807) is 0 Å². The van der Waals surface area contributed by atoms with Crippen molar-refractivity contribution in [1.29, 1.82) is 0 Å². The lowest BCUT2D eigenvalue weighted by molar-refractivity contribution is 0.266. The van der Waals surface area contributed by atoms with Gasteiger partial charge in [-0.3, -0.25) is 4.90 Å². The SMILES string of the molecule is C=C(C)c1cc(CN(CCC)CCC)ccc1C. The Morgan fingerprint density at radius 1 is 1.17 bits per heavy atom. The third-order valence-corrected chi connectivity index (χ3v) is 3.25. The molecule has 100 valence electrons. The van der Waals surface area contributed by atoms with Crippen LogP contribution in [-0.4, -0.2) is 18.0 Å². The van der Waals surface area contributed by atoms with Gasteiger partial charge in [0.15, 0.2) is 0 Å². The van der Waals surface area contributed by atoms with Crippen LogP contribution in [0.4, 0.5) is 0 Å². The minimum Gasteiger partial charge on any atom is -0.299 e. The minimum absolute atomic E-state index is 1.06. The van der Waals surface area contributed by atoms with Crippen LogP contribution in [0.2, 0.25) is 0 Å². The lowest BCUT2D eigenvalue weighted by Crippen LogP contribution is -2.24. The van der Waals surface area contributed by atoms with Crippen molar-refractivity contribution in [3.63, 3.8) is 0 Å². The summed E-state index contributed by atoms with van der Waals surface area (Å²) in [5.41, 5.74) is 5.19. The number of allylic oxidation sites excluding steroid dienone is 1. The van der Waals surface area contributed by atoms with Crippen LogP contribution in [0.25, 0.3) is 5.57 Å². The van der Waals surface area contributed by atoms with Crippen molar-refractivity contribution in [2.75, 3.05) is 13.1 Å². The van der Waals surface area contributed by atoms with Crippen molar-refractivity contribution in [1.82, 2.24) is 4.90 Å². The molecule has 0 aliphatic rings. The second-order valence-corrected chi connectivity index (χ2v) is 5.21. The van der Waals surface area contributed by atoms with E-state index in [9.17, 15) is 0 Å². The molecular formula is C17H27N. The average Bonchev–Trinajstić information content (AvgIpc) is 2.32. The summed E-state index contributed by atoms with van der Waals surface area (Å²) in [6.45, 7) is 16.2. The van der Waals surface area contributed by atoms with Crippen molar-refractivity contribution < 1.29 is 0 Å². The fourth-order valence-corrected chi connectivity index (χ4v) is 2.39. The third-order valence-electron chi connectivity index (χ3n) is 3.25. The predicted molar refractivity (Wildman–Crippen MR) is 81.7 cm³/mol. The van der Waals surface area contributed by atoms with Crippen LogP contribution in [0, 0.1) is 6.92 Å². The summed E-state index contributed by atoms with van der Waals surface area (Å²) in [5.74, 6) is 0. The maximum atomic E-state index is 4.07. The molecule has 18 heavy (non-hydrogen) atoms. The van der Waals surface area contributed by atoms with Crippen LogP contribution in [0.3, 0.4) is 0 Å². The lowest BCUT2D eigenvalue weighted by atomic mass is 10.00. The zero-order valence-electron chi connectivity index (χ0n) is 12.4. The second kappa shape index (κ2) is 7.38. The van der Waals surface area contributed by atoms with Crippen LogP contribution < -0.4 is 0 Å². The Kier molecular flexibility index (Phi) is 6.14. The van der Waals surface area contributed by atoms with Gasteiger partial charge in [0.25, 0.3) is 0 Å². The standard InChI is InChI=1S/C17H27N/c1-6-10-18(11-7-2)13-16-9-8-15(5)17(12-16)14(3)4/h8-9,12H,3,6-7,10-11,13H2,1-2,4-5H3. The van der Waals surface area contributed by atoms with Gasteiger partial charge in [0, 0.05) is 6.54 Å². The van der Waals surface area contributed by atoms with E-state index in [2.05, 4.69) is 57.4 Å². The Hall–Kier alpha value is -1.08. The van der Waals surface area contributed by atoms with Crippen LogP contribution in [-0.2, 0) is 6.54 Å². The predicted octanol–water partition coefficient (Wildman–Crippen LogP) is 4.65. The van der Waals surface area contributed by atoms with Crippen molar-refractivity contribution in [3.8, 4) is 0 Å². The molecule has 0 unspecified atom stereocenters. The number of rotatable bonds is 7. The molecule has 0 spiro atoms. The number of hydrogen-bond donors (Lipinski definition) is 0. The fraction of sp³-hybridized carbons (Fsp3) is 0.529. The van der Waals surface area contributed by atoms with Gasteiger partial charge in [-0.15, -0.1) is 0 Å². The number of hydrogen-bond acceptors (Lipinski definition) is 1. The van der Waals surface area contributed by atoms with Gasteiger partial charge in [0.05, 0.1) is 0 Å². The summed E-state index contributed by atoms with van der Waals surface area (Å²) < 4.78 is 0. The summed E-state index contributed by atoms with van der Waals surface area (Å²) in [6, 6.07) is 6.77. The molecule has 1 aromatic rings. The van der Waals surface area contributed by atoms with Crippen molar-refractivity contribution in [2.45, 2.75) is 47.1 Å². The smallest absolute Gasteiger partial charge is 0.0233 e. The Labute approximate surface area is 113 Å². The highest BCUT2D eigenvalue weighted by atomic mass is 15.1. The molecule has 0 aliphatic carbocycles. The maximum Gasteiger partial charge on any atom is 0.0233 e. The van der Waals surface area contributed by atoms with E-state index in [1.165, 1.54) is 42.6 Å². The largest absolute Gasteiger partial charge is 0.299 e. The molecule has 0 saturated carbocycles. The Morgan fingerprint density at radius 2 is 1.78 bits per heavy atom. The molecule has 0 aliphatic heterocycles. The van der Waals surface area contributed by atoms with Crippen LogP contribution in [0.15, 0.2) is 24.8 Å². The van der Waals surface area contributed by atoms with Gasteiger partial charge in [0.2, 0.25) is 0 Å². The molecule has 0 aromatic heterocycles. The van der Waals surface area contributed by atoms with E-state index in [-0.39, 0.29) is 0 Å². The van der Waals surface area contributed by atoms with Crippen LogP contribution in [0.5, 0.6) is 0 Å². The molecule has 1 aromatic carbocycles. The van der Waals surface area contributed by atoms with E-state index < -0.39 is 0 Å². The van der Waals surface area contributed by atoms with Gasteiger partial charge >= 0.3 is 0 Å². The first-order chi connectivity index (χ1) is 8.58. The van der Waals surface area contributed by atoms with Gasteiger partial charge in [-0.2, -0.15) is 0 Å². The molecule has 0 saturated heterocycles. The number of aryl methyl sites for hydroxylation is 1. The fourth-order valence-electron chi connectivity index (χ4n) is 2.39. The van der Waals surface area contributed by atoms with Crippen molar-refractivity contribution >= 4 is 5.57 Å². The van der Waals surface area contributed by atoms with Gasteiger partial charge in [-0.1, -0.05) is 38.1 Å². The first kappa shape index (κ1) is 15.0. The summed E-state index contributed by atoms with van der Waals surface area (Å²) in [4.78, 5) is 2.53. The quantitative estimate of drug-likeness (QED) is 0.676. The molecule has 0 atom stereocenters. The summed E-state index contributed by atoms with van der Waals surface area (Å²) in [5, 5.41) is 0. The molecule has 1 heteroatoms. The molecule has 0 radical (unpaired) electrons. The zero-order chi connectivity index (χ0) is 13.5. The molecule has 0 fully saturated rings. The molecule has 0 amide bonds.